The van der Waals surface area contributed by atoms with Crippen molar-refractivity contribution >= 4 is 22.6 Å². The Morgan fingerprint density at radius 1 is 0.886 bits per heavy atom. The molecule has 1 atom stereocenters. The molecule has 0 aliphatic carbocycles. The molecule has 0 aliphatic rings. The number of hydrogen-bond acceptors (Lipinski definition) is 2. The molecule has 10 heteroatoms. The van der Waals surface area contributed by atoms with Crippen LogP contribution >= 0.6 is 0 Å². The van der Waals surface area contributed by atoms with Crippen LogP contribution in [0.1, 0.15) is 39.5 Å². The molecular formula is C25H19F6NO3. The number of carboxylic acids is 1. The number of carbonyl (C=O) groups is 2. The summed E-state index contributed by atoms with van der Waals surface area (Å²) in [4.78, 5) is 25.0. The molecule has 0 heterocycles. The summed E-state index contributed by atoms with van der Waals surface area (Å²) in [6.45, 7) is 0. The number of fused-ring (bicyclic) bond motifs is 1. The predicted octanol–water partition coefficient (Wildman–Crippen LogP) is 6.72. The highest BCUT2D eigenvalue weighted by atomic mass is 19.4. The minimum absolute atomic E-state index is 0.0437. The van der Waals surface area contributed by atoms with Crippen LogP contribution in [0, 0.1) is 0 Å². The summed E-state index contributed by atoms with van der Waals surface area (Å²) in [5.41, 5.74) is -3.46. The number of nitrogens with zero attached hydrogens (tertiary/aromatic N) is 1. The second-order valence-electron chi connectivity index (χ2n) is 7.81. The largest absolute Gasteiger partial charge is 0.478 e. The van der Waals surface area contributed by atoms with Crippen molar-refractivity contribution < 1.29 is 41.0 Å². The molecule has 0 saturated heterocycles. The second-order valence-corrected chi connectivity index (χ2v) is 7.81. The van der Waals surface area contributed by atoms with Crippen LogP contribution in [-0.4, -0.2) is 28.9 Å². The van der Waals surface area contributed by atoms with Crippen molar-refractivity contribution in [1.82, 2.24) is 4.90 Å². The third kappa shape index (κ3) is 6.20. The molecule has 3 aromatic carbocycles. The quantitative estimate of drug-likeness (QED) is 0.305. The standard InChI is InChI=1S/C25H19F6NO3/c1-32(23(35)18-12-19(24(26,27)28)14-20(13-18)25(29,30)31)21(7-4-8-22(33)34)17-10-9-15-5-2-3-6-16(15)11-17/h2-6,8-14,21H,7H2,1H3,(H,33,34). The highest BCUT2D eigenvalue weighted by Crippen LogP contribution is 2.37. The van der Waals surface area contributed by atoms with E-state index in [4.69, 9.17) is 5.11 Å². The molecule has 0 radical (unpaired) electrons. The number of benzene rings is 3. The lowest BCUT2D eigenvalue weighted by Gasteiger charge is -2.29. The van der Waals surface area contributed by atoms with Crippen molar-refractivity contribution in [3.05, 3.63) is 95.1 Å². The predicted molar refractivity (Wildman–Crippen MR) is 117 cm³/mol. The lowest BCUT2D eigenvalue weighted by molar-refractivity contribution is -0.143. The number of aliphatic carboxylic acids is 1. The Hall–Kier alpha value is -3.82. The summed E-state index contributed by atoms with van der Waals surface area (Å²) in [6.07, 6.45) is -8.14. The lowest BCUT2D eigenvalue weighted by atomic mass is 9.97. The minimum atomic E-state index is -5.10. The molecule has 0 aliphatic heterocycles. The number of amides is 1. The van der Waals surface area contributed by atoms with E-state index in [1.165, 1.54) is 13.1 Å². The second kappa shape index (κ2) is 9.81. The fraction of sp³-hybridized carbons (Fsp3) is 0.200. The number of carbonyl (C=O) groups excluding carboxylic acids is 1. The summed E-state index contributed by atoms with van der Waals surface area (Å²) in [6, 6.07) is 12.2. The van der Waals surface area contributed by atoms with Gasteiger partial charge in [0, 0.05) is 18.7 Å². The Morgan fingerprint density at radius 3 is 2.00 bits per heavy atom. The average molecular weight is 495 g/mol. The maximum absolute atomic E-state index is 13.3. The molecule has 0 spiro atoms. The van der Waals surface area contributed by atoms with Gasteiger partial charge in [-0.25, -0.2) is 4.79 Å². The summed E-state index contributed by atoms with van der Waals surface area (Å²) in [5, 5.41) is 10.6. The fourth-order valence-corrected chi connectivity index (χ4v) is 3.65. The van der Waals surface area contributed by atoms with Crippen molar-refractivity contribution in [2.24, 2.45) is 0 Å². The van der Waals surface area contributed by atoms with Crippen molar-refractivity contribution in [2.45, 2.75) is 24.8 Å². The van der Waals surface area contributed by atoms with Gasteiger partial charge in [0.25, 0.3) is 5.91 Å². The monoisotopic (exact) mass is 495 g/mol. The highest BCUT2D eigenvalue weighted by Gasteiger charge is 2.38. The van der Waals surface area contributed by atoms with Gasteiger partial charge in [-0.2, -0.15) is 26.3 Å². The first-order chi connectivity index (χ1) is 16.3. The van der Waals surface area contributed by atoms with E-state index in [9.17, 15) is 35.9 Å². The van der Waals surface area contributed by atoms with Gasteiger partial charge in [0.15, 0.2) is 0 Å². The zero-order chi connectivity index (χ0) is 26.0. The zero-order valence-corrected chi connectivity index (χ0v) is 18.2. The first-order valence-electron chi connectivity index (χ1n) is 10.2. The molecule has 0 fully saturated rings. The van der Waals surface area contributed by atoms with Crippen LogP contribution in [0.25, 0.3) is 10.8 Å². The van der Waals surface area contributed by atoms with E-state index in [1.54, 1.807) is 30.3 Å². The molecule has 1 N–H and O–H groups in total. The van der Waals surface area contributed by atoms with Crippen molar-refractivity contribution in [3.63, 3.8) is 0 Å². The van der Waals surface area contributed by atoms with Crippen LogP contribution in [0.3, 0.4) is 0 Å². The smallest absolute Gasteiger partial charge is 0.416 e. The van der Waals surface area contributed by atoms with Crippen LogP contribution in [0.5, 0.6) is 0 Å². The molecule has 0 bridgehead atoms. The van der Waals surface area contributed by atoms with Gasteiger partial charge in [-0.05, 0) is 47.0 Å². The Morgan fingerprint density at radius 2 is 1.46 bits per heavy atom. The third-order valence-corrected chi connectivity index (χ3v) is 5.40. The van der Waals surface area contributed by atoms with E-state index in [0.717, 1.165) is 21.7 Å². The molecule has 1 unspecified atom stereocenters. The van der Waals surface area contributed by atoms with E-state index in [1.807, 2.05) is 12.1 Å². The van der Waals surface area contributed by atoms with E-state index >= 15 is 0 Å². The summed E-state index contributed by atoms with van der Waals surface area (Å²) >= 11 is 0. The van der Waals surface area contributed by atoms with Gasteiger partial charge < -0.3 is 10.0 Å². The molecule has 3 rings (SSSR count). The van der Waals surface area contributed by atoms with Crippen LogP contribution in [0.2, 0.25) is 0 Å². The van der Waals surface area contributed by atoms with Gasteiger partial charge in [-0.1, -0.05) is 42.5 Å². The van der Waals surface area contributed by atoms with E-state index in [0.29, 0.717) is 17.7 Å². The van der Waals surface area contributed by atoms with E-state index in [2.05, 4.69) is 0 Å². The van der Waals surface area contributed by atoms with Gasteiger partial charge in [0.1, 0.15) is 0 Å². The van der Waals surface area contributed by atoms with Crippen LogP contribution in [-0.2, 0) is 17.1 Å². The topological polar surface area (TPSA) is 57.6 Å². The van der Waals surface area contributed by atoms with Gasteiger partial charge in [0.2, 0.25) is 0 Å². The zero-order valence-electron chi connectivity index (χ0n) is 18.2. The van der Waals surface area contributed by atoms with Gasteiger partial charge in [-0.3, -0.25) is 4.79 Å². The molecule has 0 saturated carbocycles. The van der Waals surface area contributed by atoms with Crippen molar-refractivity contribution in [2.75, 3.05) is 7.05 Å². The highest BCUT2D eigenvalue weighted by molar-refractivity contribution is 5.95. The van der Waals surface area contributed by atoms with Crippen molar-refractivity contribution in [1.29, 1.82) is 0 Å². The number of hydrogen-bond donors (Lipinski definition) is 1. The third-order valence-electron chi connectivity index (χ3n) is 5.40. The Labute approximate surface area is 196 Å². The molecule has 3 aromatic rings. The maximum Gasteiger partial charge on any atom is 0.416 e. The van der Waals surface area contributed by atoms with Crippen molar-refractivity contribution in [3.8, 4) is 0 Å². The lowest BCUT2D eigenvalue weighted by Crippen LogP contribution is -2.31. The van der Waals surface area contributed by atoms with Crippen LogP contribution < -0.4 is 0 Å². The molecule has 184 valence electrons. The summed E-state index contributed by atoms with van der Waals surface area (Å²) < 4.78 is 79.5. The summed E-state index contributed by atoms with van der Waals surface area (Å²) in [5.74, 6) is -2.33. The van der Waals surface area contributed by atoms with Gasteiger partial charge in [-0.15, -0.1) is 0 Å². The molecular weight excluding hydrogens is 476 g/mol. The van der Waals surface area contributed by atoms with Gasteiger partial charge in [0.05, 0.1) is 17.2 Å². The maximum atomic E-state index is 13.3. The Kier molecular flexibility index (Phi) is 7.23. The Balaban J connectivity index is 2.07. The number of alkyl halides is 6. The SMILES string of the molecule is CN(C(=O)c1cc(C(F)(F)F)cc(C(F)(F)F)c1)C(CC=CC(=O)O)c1ccc2ccccc2c1. The number of carboxylic acid groups (broad SMARTS) is 1. The molecule has 35 heavy (non-hydrogen) atoms. The Bertz CT molecular complexity index is 1250. The fourth-order valence-electron chi connectivity index (χ4n) is 3.65. The molecule has 0 aromatic heterocycles. The summed E-state index contributed by atoms with van der Waals surface area (Å²) in [7, 11) is 1.24. The molecule has 1 amide bonds. The first kappa shape index (κ1) is 25.8. The van der Waals surface area contributed by atoms with E-state index in [-0.39, 0.29) is 12.5 Å². The average Bonchev–Trinajstić information content (AvgIpc) is 2.79. The normalized spacial score (nSPS) is 13.2. The van der Waals surface area contributed by atoms with Crippen LogP contribution in [0.15, 0.2) is 72.8 Å². The molecule has 4 nitrogen and oxygen atoms in total. The van der Waals surface area contributed by atoms with E-state index < -0.39 is 47.0 Å². The van der Waals surface area contributed by atoms with Crippen LogP contribution in [0.4, 0.5) is 26.3 Å². The first-order valence-corrected chi connectivity index (χ1v) is 10.2. The van der Waals surface area contributed by atoms with Gasteiger partial charge >= 0.3 is 18.3 Å². The number of halogens is 6. The minimum Gasteiger partial charge on any atom is -0.478 e. The number of rotatable bonds is 6.